The molecule has 2 heterocycles. The van der Waals surface area contributed by atoms with Crippen LogP contribution in [0.5, 0.6) is 0 Å². The van der Waals surface area contributed by atoms with Gasteiger partial charge in [0.2, 0.25) is 5.91 Å². The summed E-state index contributed by atoms with van der Waals surface area (Å²) < 4.78 is 7.63. The molecule has 0 aliphatic carbocycles. The van der Waals surface area contributed by atoms with Crippen molar-refractivity contribution in [1.29, 1.82) is 0 Å². The molecule has 2 aromatic rings. The summed E-state index contributed by atoms with van der Waals surface area (Å²) in [6.45, 7) is 5.27. The molecule has 7 heteroatoms. The van der Waals surface area contributed by atoms with Crippen LogP contribution in [0.2, 0.25) is 0 Å². The first-order valence-corrected chi connectivity index (χ1v) is 9.76. The van der Waals surface area contributed by atoms with E-state index in [0.717, 1.165) is 22.7 Å². The Morgan fingerprint density at radius 3 is 3.08 bits per heavy atom. The standard InChI is InChI=1S/C18H25N3O3S/c1-2-21-16-6-4-3-5-15(16)19-18(21)25-10-7-17(23)20-8-9-24-13-14(11-20)12-22/h3-6,14,22H,2,7-13H2,1H3. The summed E-state index contributed by atoms with van der Waals surface area (Å²) in [7, 11) is 0. The molecule has 0 bridgehead atoms. The molecule has 25 heavy (non-hydrogen) atoms. The fourth-order valence-electron chi connectivity index (χ4n) is 3.07. The smallest absolute Gasteiger partial charge is 0.223 e. The van der Waals surface area contributed by atoms with Gasteiger partial charge >= 0.3 is 0 Å². The number of fused-ring (bicyclic) bond motifs is 1. The molecule has 1 unspecified atom stereocenters. The van der Waals surface area contributed by atoms with Gasteiger partial charge in [-0.2, -0.15) is 0 Å². The number of hydrogen-bond acceptors (Lipinski definition) is 5. The second kappa shape index (κ2) is 8.69. The van der Waals surface area contributed by atoms with E-state index in [4.69, 9.17) is 4.74 Å². The van der Waals surface area contributed by atoms with Gasteiger partial charge in [-0.25, -0.2) is 4.98 Å². The Morgan fingerprint density at radius 1 is 1.44 bits per heavy atom. The summed E-state index contributed by atoms with van der Waals surface area (Å²) in [4.78, 5) is 19.0. The van der Waals surface area contributed by atoms with Crippen molar-refractivity contribution in [2.45, 2.75) is 25.0 Å². The first-order valence-electron chi connectivity index (χ1n) is 8.77. The van der Waals surface area contributed by atoms with E-state index in [9.17, 15) is 9.90 Å². The maximum atomic E-state index is 12.5. The van der Waals surface area contributed by atoms with Gasteiger partial charge in [-0.1, -0.05) is 23.9 Å². The van der Waals surface area contributed by atoms with Crippen molar-refractivity contribution in [2.24, 2.45) is 5.92 Å². The third-order valence-electron chi connectivity index (χ3n) is 4.43. The van der Waals surface area contributed by atoms with Gasteiger partial charge in [0, 0.05) is 44.3 Å². The molecule has 0 saturated carbocycles. The first-order chi connectivity index (χ1) is 12.2. The summed E-state index contributed by atoms with van der Waals surface area (Å²) in [5.41, 5.74) is 2.13. The van der Waals surface area contributed by atoms with Gasteiger partial charge in [-0.3, -0.25) is 4.79 Å². The average molecular weight is 363 g/mol. The molecule has 6 nitrogen and oxygen atoms in total. The monoisotopic (exact) mass is 363 g/mol. The van der Waals surface area contributed by atoms with Crippen LogP contribution in [0.15, 0.2) is 29.4 Å². The second-order valence-corrected chi connectivity index (χ2v) is 7.25. The molecule has 1 saturated heterocycles. The number of carbonyl (C=O) groups is 1. The van der Waals surface area contributed by atoms with Crippen molar-refractivity contribution >= 4 is 28.7 Å². The molecule has 1 N–H and O–H groups in total. The number of hydrogen-bond donors (Lipinski definition) is 1. The fourth-order valence-corrected chi connectivity index (χ4v) is 4.08. The number of carbonyl (C=O) groups excluding carboxylic acids is 1. The van der Waals surface area contributed by atoms with Crippen molar-refractivity contribution in [3.05, 3.63) is 24.3 Å². The third kappa shape index (κ3) is 4.34. The number of amides is 1. The van der Waals surface area contributed by atoms with Crippen molar-refractivity contribution in [3.8, 4) is 0 Å². The van der Waals surface area contributed by atoms with Gasteiger partial charge in [0.25, 0.3) is 0 Å². The lowest BCUT2D eigenvalue weighted by Crippen LogP contribution is -2.36. The van der Waals surface area contributed by atoms with E-state index < -0.39 is 0 Å². The molecular weight excluding hydrogens is 338 g/mol. The van der Waals surface area contributed by atoms with E-state index >= 15 is 0 Å². The lowest BCUT2D eigenvalue weighted by Gasteiger charge is -2.22. The number of ether oxygens (including phenoxy) is 1. The Morgan fingerprint density at radius 2 is 2.28 bits per heavy atom. The highest BCUT2D eigenvalue weighted by Crippen LogP contribution is 2.24. The molecule has 3 rings (SSSR count). The van der Waals surface area contributed by atoms with Crippen LogP contribution in [-0.2, 0) is 16.1 Å². The van der Waals surface area contributed by atoms with Crippen molar-refractivity contribution < 1.29 is 14.6 Å². The predicted octanol–water partition coefficient (Wildman–Crippen LogP) is 2.01. The lowest BCUT2D eigenvalue weighted by atomic mass is 10.1. The van der Waals surface area contributed by atoms with Crippen LogP contribution in [0.25, 0.3) is 11.0 Å². The van der Waals surface area contributed by atoms with Gasteiger partial charge in [0.15, 0.2) is 5.16 Å². The quantitative estimate of drug-likeness (QED) is 0.795. The van der Waals surface area contributed by atoms with E-state index in [1.165, 1.54) is 0 Å². The minimum absolute atomic E-state index is 0.0170. The molecule has 1 aromatic carbocycles. The first kappa shape index (κ1) is 18.2. The Bertz CT molecular complexity index is 719. The van der Waals surface area contributed by atoms with Crippen molar-refractivity contribution in [3.63, 3.8) is 0 Å². The summed E-state index contributed by atoms with van der Waals surface area (Å²) in [6, 6.07) is 8.11. The molecular formula is C18H25N3O3S. The van der Waals surface area contributed by atoms with E-state index in [1.807, 2.05) is 23.1 Å². The topological polar surface area (TPSA) is 67.6 Å². The predicted molar refractivity (Wildman–Crippen MR) is 98.7 cm³/mol. The lowest BCUT2D eigenvalue weighted by molar-refractivity contribution is -0.131. The zero-order valence-electron chi connectivity index (χ0n) is 14.6. The van der Waals surface area contributed by atoms with Crippen molar-refractivity contribution in [2.75, 3.05) is 38.7 Å². The van der Waals surface area contributed by atoms with Crippen LogP contribution in [-0.4, -0.2) is 64.1 Å². The Hall–Kier alpha value is -1.57. The number of para-hydroxylation sites is 2. The Labute approximate surface area is 152 Å². The number of aliphatic hydroxyl groups excluding tert-OH is 1. The van der Waals surface area contributed by atoms with Gasteiger partial charge in [-0.05, 0) is 19.1 Å². The Balaban J connectivity index is 1.58. The molecule has 1 atom stereocenters. The van der Waals surface area contributed by atoms with Crippen LogP contribution in [0.1, 0.15) is 13.3 Å². The van der Waals surface area contributed by atoms with E-state index in [2.05, 4.69) is 22.5 Å². The van der Waals surface area contributed by atoms with Crippen LogP contribution >= 0.6 is 11.8 Å². The van der Waals surface area contributed by atoms with E-state index in [-0.39, 0.29) is 18.4 Å². The maximum absolute atomic E-state index is 12.5. The zero-order chi connectivity index (χ0) is 17.6. The largest absolute Gasteiger partial charge is 0.396 e. The number of imidazole rings is 1. The summed E-state index contributed by atoms with van der Waals surface area (Å²) >= 11 is 1.63. The van der Waals surface area contributed by atoms with E-state index in [1.54, 1.807) is 11.8 Å². The minimum Gasteiger partial charge on any atom is -0.396 e. The van der Waals surface area contributed by atoms with Crippen LogP contribution in [0.3, 0.4) is 0 Å². The zero-order valence-corrected chi connectivity index (χ0v) is 15.4. The maximum Gasteiger partial charge on any atom is 0.223 e. The van der Waals surface area contributed by atoms with Crippen LogP contribution in [0.4, 0.5) is 0 Å². The van der Waals surface area contributed by atoms with Gasteiger partial charge in [0.05, 0.1) is 24.2 Å². The van der Waals surface area contributed by atoms with Gasteiger partial charge < -0.3 is 19.3 Å². The molecule has 136 valence electrons. The molecule has 1 amide bonds. The molecule has 1 fully saturated rings. The summed E-state index contributed by atoms with van der Waals surface area (Å²) in [5, 5.41) is 10.3. The normalized spacial score (nSPS) is 18.5. The highest BCUT2D eigenvalue weighted by molar-refractivity contribution is 7.99. The van der Waals surface area contributed by atoms with E-state index in [0.29, 0.717) is 38.5 Å². The minimum atomic E-state index is 0.0170. The SMILES string of the molecule is CCn1c(SCCC(=O)N2CCOCC(CO)C2)nc2ccccc21. The molecule has 1 aromatic heterocycles. The van der Waals surface area contributed by atoms with Crippen LogP contribution < -0.4 is 0 Å². The molecule has 0 spiro atoms. The molecule has 1 aliphatic rings. The fraction of sp³-hybridized carbons (Fsp3) is 0.556. The molecule has 1 aliphatic heterocycles. The van der Waals surface area contributed by atoms with Gasteiger partial charge in [-0.15, -0.1) is 0 Å². The number of thioether (sulfide) groups is 1. The number of nitrogens with zero attached hydrogens (tertiary/aromatic N) is 3. The van der Waals surface area contributed by atoms with Gasteiger partial charge in [0.1, 0.15) is 0 Å². The number of aryl methyl sites for hydroxylation is 1. The van der Waals surface area contributed by atoms with Crippen LogP contribution in [0, 0.1) is 5.92 Å². The summed E-state index contributed by atoms with van der Waals surface area (Å²) in [6.07, 6.45) is 0.468. The molecule has 0 radical (unpaired) electrons. The number of aromatic nitrogens is 2. The Kier molecular flexibility index (Phi) is 6.34. The number of aliphatic hydroxyl groups is 1. The third-order valence-corrected chi connectivity index (χ3v) is 5.41. The van der Waals surface area contributed by atoms with Crippen molar-refractivity contribution in [1.82, 2.24) is 14.5 Å². The number of rotatable bonds is 6. The second-order valence-electron chi connectivity index (χ2n) is 6.19. The highest BCUT2D eigenvalue weighted by Gasteiger charge is 2.22. The average Bonchev–Trinajstić information content (AvgIpc) is 2.81. The summed E-state index contributed by atoms with van der Waals surface area (Å²) in [5.74, 6) is 0.836. The number of benzene rings is 1. The highest BCUT2D eigenvalue weighted by atomic mass is 32.2.